The number of anilines is 2. The van der Waals surface area contributed by atoms with Gasteiger partial charge in [0, 0.05) is 31.0 Å². The van der Waals surface area contributed by atoms with Gasteiger partial charge in [0.2, 0.25) is 0 Å². The number of aliphatic hydroxyl groups excluding tert-OH is 1. The van der Waals surface area contributed by atoms with Gasteiger partial charge in [0.1, 0.15) is 0 Å². The Morgan fingerprint density at radius 1 is 1.25 bits per heavy atom. The van der Waals surface area contributed by atoms with Gasteiger partial charge in [-0.15, -0.1) is 0 Å². The normalized spacial score (nSPS) is 18.0. The summed E-state index contributed by atoms with van der Waals surface area (Å²) in [6.45, 7) is 4.97. The lowest BCUT2D eigenvalue weighted by Crippen LogP contribution is -2.26. The summed E-state index contributed by atoms with van der Waals surface area (Å²) in [5.74, 6) is 0.765. The summed E-state index contributed by atoms with van der Waals surface area (Å²) in [5, 5.41) is 12.6. The van der Waals surface area contributed by atoms with Gasteiger partial charge < -0.3 is 15.3 Å². The van der Waals surface area contributed by atoms with E-state index >= 15 is 0 Å². The van der Waals surface area contributed by atoms with Crippen molar-refractivity contribution in [3.8, 4) is 0 Å². The number of allylic oxidation sites excluding steroid dienone is 2. The van der Waals surface area contributed by atoms with Gasteiger partial charge in [-0.25, -0.2) is 0 Å². The van der Waals surface area contributed by atoms with Crippen molar-refractivity contribution in [1.82, 2.24) is 0 Å². The molecule has 0 saturated heterocycles. The van der Waals surface area contributed by atoms with E-state index in [-0.39, 0.29) is 6.61 Å². The van der Waals surface area contributed by atoms with Crippen molar-refractivity contribution in [3.05, 3.63) is 36.4 Å². The van der Waals surface area contributed by atoms with Crippen molar-refractivity contribution in [2.75, 3.05) is 36.5 Å². The van der Waals surface area contributed by atoms with Crippen LogP contribution in [0.25, 0.3) is 0 Å². The van der Waals surface area contributed by atoms with Crippen LogP contribution < -0.4 is 10.2 Å². The molecule has 0 aliphatic heterocycles. The zero-order valence-electron chi connectivity index (χ0n) is 12.4. The molecule has 1 aromatic rings. The van der Waals surface area contributed by atoms with E-state index < -0.39 is 0 Å². The number of benzene rings is 1. The fourth-order valence-corrected chi connectivity index (χ4v) is 2.68. The van der Waals surface area contributed by atoms with Crippen LogP contribution in [0.5, 0.6) is 0 Å². The first-order valence-electron chi connectivity index (χ1n) is 7.68. The Morgan fingerprint density at radius 3 is 2.65 bits per heavy atom. The molecule has 0 spiro atoms. The number of nitrogens with zero attached hydrogens (tertiary/aromatic N) is 1. The third-order valence-electron chi connectivity index (χ3n) is 3.96. The van der Waals surface area contributed by atoms with Crippen molar-refractivity contribution in [3.63, 3.8) is 0 Å². The van der Waals surface area contributed by atoms with Gasteiger partial charge >= 0.3 is 0 Å². The van der Waals surface area contributed by atoms with E-state index in [1.807, 2.05) is 0 Å². The third kappa shape index (κ3) is 4.27. The largest absolute Gasteiger partial charge is 0.395 e. The Balaban J connectivity index is 1.85. The smallest absolute Gasteiger partial charge is 0.0606 e. The Labute approximate surface area is 122 Å². The molecule has 3 heteroatoms. The summed E-state index contributed by atoms with van der Waals surface area (Å²) < 4.78 is 0. The molecule has 1 unspecified atom stereocenters. The van der Waals surface area contributed by atoms with Crippen LogP contribution in [0.15, 0.2) is 36.4 Å². The second-order valence-electron chi connectivity index (χ2n) is 5.38. The highest BCUT2D eigenvalue weighted by molar-refractivity contribution is 5.55. The van der Waals surface area contributed by atoms with E-state index in [1.165, 1.54) is 30.6 Å². The lowest BCUT2D eigenvalue weighted by molar-refractivity contribution is 0.302. The summed E-state index contributed by atoms with van der Waals surface area (Å²) >= 11 is 0. The molecule has 1 aromatic carbocycles. The number of nitrogens with one attached hydrogen (secondary N) is 1. The van der Waals surface area contributed by atoms with Crippen molar-refractivity contribution in [2.24, 2.45) is 5.92 Å². The number of rotatable bonds is 7. The lowest BCUT2D eigenvalue weighted by atomic mass is 9.94. The maximum absolute atomic E-state index is 9.05. The average molecular weight is 274 g/mol. The van der Waals surface area contributed by atoms with Gasteiger partial charge in [-0.3, -0.25) is 0 Å². The van der Waals surface area contributed by atoms with Gasteiger partial charge in [0.25, 0.3) is 0 Å². The first-order chi connectivity index (χ1) is 9.83. The molecule has 0 saturated carbocycles. The summed E-state index contributed by atoms with van der Waals surface area (Å²) in [7, 11) is 0. The highest BCUT2D eigenvalue weighted by Gasteiger charge is 2.09. The molecule has 0 bridgehead atoms. The zero-order chi connectivity index (χ0) is 14.2. The monoisotopic (exact) mass is 274 g/mol. The van der Waals surface area contributed by atoms with Crippen LogP contribution in [0.2, 0.25) is 0 Å². The third-order valence-corrected chi connectivity index (χ3v) is 3.96. The van der Waals surface area contributed by atoms with Crippen molar-refractivity contribution in [2.45, 2.75) is 26.2 Å². The Hall–Kier alpha value is -1.48. The first-order valence-corrected chi connectivity index (χ1v) is 7.68. The predicted octanol–water partition coefficient (Wildman–Crippen LogP) is 3.27. The van der Waals surface area contributed by atoms with Gasteiger partial charge in [0.15, 0.2) is 0 Å². The highest BCUT2D eigenvalue weighted by Crippen LogP contribution is 2.21. The topological polar surface area (TPSA) is 35.5 Å². The minimum absolute atomic E-state index is 0.197. The molecule has 1 aliphatic rings. The first kappa shape index (κ1) is 14.9. The highest BCUT2D eigenvalue weighted by atomic mass is 16.3. The fraction of sp³-hybridized carbons (Fsp3) is 0.529. The number of aliphatic hydroxyl groups is 1. The predicted molar refractivity (Wildman–Crippen MR) is 86.4 cm³/mol. The number of likely N-dealkylation sites (N-methyl/N-ethyl adjacent to an activating group) is 1. The molecule has 20 heavy (non-hydrogen) atoms. The van der Waals surface area contributed by atoms with E-state index in [2.05, 4.69) is 53.6 Å². The van der Waals surface area contributed by atoms with Crippen LogP contribution in [-0.4, -0.2) is 31.3 Å². The summed E-state index contributed by atoms with van der Waals surface area (Å²) in [6.07, 6.45) is 8.30. The zero-order valence-corrected chi connectivity index (χ0v) is 12.4. The minimum Gasteiger partial charge on any atom is -0.395 e. The minimum atomic E-state index is 0.197. The van der Waals surface area contributed by atoms with Crippen molar-refractivity contribution < 1.29 is 5.11 Å². The van der Waals surface area contributed by atoms with Crippen LogP contribution in [-0.2, 0) is 0 Å². The number of hydrogen-bond donors (Lipinski definition) is 2. The quantitative estimate of drug-likeness (QED) is 0.749. The van der Waals surface area contributed by atoms with E-state index in [0.717, 1.165) is 19.0 Å². The Morgan fingerprint density at radius 2 is 2.05 bits per heavy atom. The van der Waals surface area contributed by atoms with E-state index in [1.54, 1.807) is 0 Å². The molecule has 110 valence electrons. The molecule has 0 radical (unpaired) electrons. The molecule has 2 rings (SSSR count). The molecular formula is C17H26N2O. The molecule has 1 atom stereocenters. The molecular weight excluding hydrogens is 248 g/mol. The average Bonchev–Trinajstić information content (AvgIpc) is 2.52. The fourth-order valence-electron chi connectivity index (χ4n) is 2.68. The summed E-state index contributed by atoms with van der Waals surface area (Å²) in [5.41, 5.74) is 2.36. The van der Waals surface area contributed by atoms with Crippen molar-refractivity contribution >= 4 is 11.4 Å². The molecule has 0 heterocycles. The van der Waals surface area contributed by atoms with Crippen LogP contribution >= 0.6 is 0 Å². The second kappa shape index (κ2) is 7.95. The lowest BCUT2D eigenvalue weighted by Gasteiger charge is -2.23. The Bertz CT molecular complexity index is 414. The summed E-state index contributed by atoms with van der Waals surface area (Å²) in [4.78, 5) is 2.18. The second-order valence-corrected chi connectivity index (χ2v) is 5.38. The molecule has 3 nitrogen and oxygen atoms in total. The van der Waals surface area contributed by atoms with Crippen LogP contribution in [0, 0.1) is 5.92 Å². The van der Waals surface area contributed by atoms with Gasteiger partial charge in [-0.05, 0) is 56.4 Å². The SMILES string of the molecule is CCN(CCO)c1ccc(NCC2CC=CCC2)cc1. The van der Waals surface area contributed by atoms with Gasteiger partial charge in [0.05, 0.1) is 6.61 Å². The van der Waals surface area contributed by atoms with E-state index in [0.29, 0.717) is 6.54 Å². The molecule has 0 fully saturated rings. The van der Waals surface area contributed by atoms with Gasteiger partial charge in [-0.2, -0.15) is 0 Å². The maximum atomic E-state index is 9.05. The van der Waals surface area contributed by atoms with Crippen LogP contribution in [0.1, 0.15) is 26.2 Å². The molecule has 2 N–H and O–H groups in total. The van der Waals surface area contributed by atoms with Crippen molar-refractivity contribution in [1.29, 1.82) is 0 Å². The van der Waals surface area contributed by atoms with Crippen LogP contribution in [0.4, 0.5) is 11.4 Å². The van der Waals surface area contributed by atoms with E-state index in [4.69, 9.17) is 5.11 Å². The summed E-state index contributed by atoms with van der Waals surface area (Å²) in [6, 6.07) is 8.52. The number of hydrogen-bond acceptors (Lipinski definition) is 3. The molecule has 1 aliphatic carbocycles. The maximum Gasteiger partial charge on any atom is 0.0606 e. The molecule has 0 aromatic heterocycles. The molecule has 0 amide bonds. The van der Waals surface area contributed by atoms with Gasteiger partial charge in [-0.1, -0.05) is 12.2 Å². The standard InChI is InChI=1S/C17H26N2O/c1-2-19(12-13-20)17-10-8-16(9-11-17)18-14-15-6-4-3-5-7-15/h3-4,8-11,15,18,20H,2,5-7,12-14H2,1H3. The van der Waals surface area contributed by atoms with Crippen LogP contribution in [0.3, 0.4) is 0 Å². The Kier molecular flexibility index (Phi) is 5.93. The van der Waals surface area contributed by atoms with E-state index in [9.17, 15) is 0 Å².